The normalized spacial score (nSPS) is 17.8. The lowest BCUT2D eigenvalue weighted by Gasteiger charge is -2.35. The number of rotatable bonds is 10. The van der Waals surface area contributed by atoms with E-state index in [9.17, 15) is 19.2 Å². The van der Waals surface area contributed by atoms with Crippen LogP contribution in [-0.4, -0.2) is 46.4 Å². The van der Waals surface area contributed by atoms with E-state index in [2.05, 4.69) is 10.6 Å². The molecule has 1 saturated carbocycles. The number of carbonyl (C=O) groups excluding carboxylic acids is 4. The number of anilines is 1. The van der Waals surface area contributed by atoms with Crippen molar-refractivity contribution < 1.29 is 23.9 Å². The van der Waals surface area contributed by atoms with Gasteiger partial charge >= 0.3 is 6.09 Å². The number of carbonyl (C=O) groups is 4. The van der Waals surface area contributed by atoms with Crippen molar-refractivity contribution in [1.82, 2.24) is 10.2 Å². The number of nitrogens with one attached hydrogen (secondary N) is 2. The van der Waals surface area contributed by atoms with E-state index in [0.29, 0.717) is 17.7 Å². The Morgan fingerprint density at radius 2 is 1.65 bits per heavy atom. The van der Waals surface area contributed by atoms with Crippen LogP contribution >= 0.6 is 0 Å². The molecule has 1 aliphatic rings. The molecule has 2 aromatic rings. The summed E-state index contributed by atoms with van der Waals surface area (Å²) in [4.78, 5) is 54.4. The van der Waals surface area contributed by atoms with Gasteiger partial charge < -0.3 is 26.0 Å². The Morgan fingerprint density at radius 3 is 2.17 bits per heavy atom. The standard InChI is InChI=1S/C31H42N4O5/c1-18-10-8-13-22(16-18)27(28(37)34-26-19(2)11-9-12-20(26)3)35(24-17-21(24)4)29(38)23(14-15-25(32)36)33-30(39)40-31(5,6)7/h8-13,16,21,23-24,27H,14-15,17H2,1-7H3,(H2,32,36)(H,33,39)(H,34,37). The number of hydrogen-bond donors (Lipinski definition) is 3. The molecule has 40 heavy (non-hydrogen) atoms. The number of para-hydroxylation sites is 1. The first kappa shape index (κ1) is 30.7. The van der Waals surface area contributed by atoms with Gasteiger partial charge in [0.25, 0.3) is 5.91 Å². The minimum atomic E-state index is -1.12. The maximum absolute atomic E-state index is 14.3. The van der Waals surface area contributed by atoms with Crippen LogP contribution in [0.1, 0.15) is 75.3 Å². The van der Waals surface area contributed by atoms with E-state index in [1.54, 1.807) is 25.7 Å². The summed E-state index contributed by atoms with van der Waals surface area (Å²) in [5, 5.41) is 5.71. The SMILES string of the molecule is Cc1cccc(C(C(=O)Nc2c(C)cccc2C)N(C(=O)C(CCC(N)=O)NC(=O)OC(C)(C)C)C2CC2C)c1. The Kier molecular flexibility index (Phi) is 9.60. The third-order valence-corrected chi connectivity index (χ3v) is 6.96. The number of nitrogens with zero attached hydrogens (tertiary/aromatic N) is 1. The molecule has 2 aromatic carbocycles. The highest BCUT2D eigenvalue weighted by Crippen LogP contribution is 2.41. The Bertz CT molecular complexity index is 1250. The minimum absolute atomic E-state index is 0.0237. The van der Waals surface area contributed by atoms with Crippen molar-refractivity contribution in [3.63, 3.8) is 0 Å². The van der Waals surface area contributed by atoms with Gasteiger partial charge in [0.05, 0.1) is 0 Å². The van der Waals surface area contributed by atoms with Gasteiger partial charge in [0.1, 0.15) is 17.7 Å². The lowest BCUT2D eigenvalue weighted by molar-refractivity contribution is -0.142. The highest BCUT2D eigenvalue weighted by atomic mass is 16.6. The molecule has 0 radical (unpaired) electrons. The number of primary amides is 1. The van der Waals surface area contributed by atoms with E-state index < -0.39 is 35.6 Å². The molecule has 0 heterocycles. The van der Waals surface area contributed by atoms with Crippen LogP contribution in [0.4, 0.5) is 10.5 Å². The van der Waals surface area contributed by atoms with Gasteiger partial charge in [-0.2, -0.15) is 0 Å². The number of alkyl carbamates (subject to hydrolysis) is 1. The predicted molar refractivity (Wildman–Crippen MR) is 154 cm³/mol. The van der Waals surface area contributed by atoms with Crippen LogP contribution in [0.3, 0.4) is 0 Å². The topological polar surface area (TPSA) is 131 Å². The zero-order chi connectivity index (χ0) is 29.8. The lowest BCUT2D eigenvalue weighted by atomic mass is 9.99. The van der Waals surface area contributed by atoms with Crippen molar-refractivity contribution in [3.05, 3.63) is 64.7 Å². The fourth-order valence-corrected chi connectivity index (χ4v) is 4.83. The third-order valence-electron chi connectivity index (χ3n) is 6.96. The molecule has 9 nitrogen and oxygen atoms in total. The monoisotopic (exact) mass is 550 g/mol. The van der Waals surface area contributed by atoms with Gasteiger partial charge in [-0.25, -0.2) is 4.79 Å². The minimum Gasteiger partial charge on any atom is -0.444 e. The smallest absolute Gasteiger partial charge is 0.408 e. The van der Waals surface area contributed by atoms with Gasteiger partial charge in [0, 0.05) is 18.2 Å². The number of hydrogen-bond acceptors (Lipinski definition) is 5. The van der Waals surface area contributed by atoms with E-state index >= 15 is 0 Å². The van der Waals surface area contributed by atoms with Crippen molar-refractivity contribution >= 4 is 29.5 Å². The van der Waals surface area contributed by atoms with Gasteiger partial charge in [0.15, 0.2) is 0 Å². The van der Waals surface area contributed by atoms with Crippen LogP contribution in [0.2, 0.25) is 0 Å². The Balaban J connectivity index is 2.06. The van der Waals surface area contributed by atoms with E-state index in [1.807, 2.05) is 70.2 Å². The molecular weight excluding hydrogens is 508 g/mol. The first-order valence-corrected chi connectivity index (χ1v) is 13.7. The van der Waals surface area contributed by atoms with Crippen LogP contribution in [0.25, 0.3) is 0 Å². The Labute approximate surface area is 236 Å². The zero-order valence-corrected chi connectivity index (χ0v) is 24.5. The third kappa shape index (κ3) is 8.07. The summed E-state index contributed by atoms with van der Waals surface area (Å²) in [6, 6.07) is 10.9. The maximum Gasteiger partial charge on any atom is 0.408 e. The molecule has 9 heteroatoms. The average Bonchev–Trinajstić information content (AvgIpc) is 3.56. The molecule has 0 aliphatic heterocycles. The first-order valence-electron chi connectivity index (χ1n) is 13.7. The van der Waals surface area contributed by atoms with Crippen molar-refractivity contribution in [2.45, 2.75) is 91.5 Å². The summed E-state index contributed by atoms with van der Waals surface area (Å²) in [7, 11) is 0. The maximum atomic E-state index is 14.3. The van der Waals surface area contributed by atoms with Crippen molar-refractivity contribution in [1.29, 1.82) is 0 Å². The number of ether oxygens (including phenoxy) is 1. The molecule has 4 N–H and O–H groups in total. The second-order valence-electron chi connectivity index (χ2n) is 11.8. The van der Waals surface area contributed by atoms with E-state index in [4.69, 9.17) is 10.5 Å². The molecule has 1 fully saturated rings. The summed E-state index contributed by atoms with van der Waals surface area (Å²) < 4.78 is 5.40. The molecule has 0 aromatic heterocycles. The highest BCUT2D eigenvalue weighted by molar-refractivity contribution is 6.00. The van der Waals surface area contributed by atoms with E-state index in [-0.39, 0.29) is 30.7 Å². The summed E-state index contributed by atoms with van der Waals surface area (Å²) >= 11 is 0. The number of benzene rings is 2. The average molecular weight is 551 g/mol. The first-order chi connectivity index (χ1) is 18.7. The van der Waals surface area contributed by atoms with Crippen LogP contribution < -0.4 is 16.4 Å². The largest absolute Gasteiger partial charge is 0.444 e. The van der Waals surface area contributed by atoms with E-state index in [1.165, 1.54) is 0 Å². The van der Waals surface area contributed by atoms with Gasteiger partial charge in [-0.1, -0.05) is 55.0 Å². The quantitative estimate of drug-likeness (QED) is 0.395. The molecule has 0 spiro atoms. The summed E-state index contributed by atoms with van der Waals surface area (Å²) in [5.74, 6) is -1.27. The zero-order valence-electron chi connectivity index (χ0n) is 24.5. The number of aryl methyl sites for hydroxylation is 3. The highest BCUT2D eigenvalue weighted by Gasteiger charge is 2.48. The predicted octanol–water partition coefficient (Wildman–Crippen LogP) is 4.69. The van der Waals surface area contributed by atoms with Crippen LogP contribution in [-0.2, 0) is 19.1 Å². The molecule has 0 saturated heterocycles. The second kappa shape index (κ2) is 12.5. The van der Waals surface area contributed by atoms with Crippen molar-refractivity contribution in [2.24, 2.45) is 11.7 Å². The van der Waals surface area contributed by atoms with Gasteiger partial charge in [-0.3, -0.25) is 14.4 Å². The molecule has 4 unspecified atom stereocenters. The van der Waals surface area contributed by atoms with Crippen LogP contribution in [0.5, 0.6) is 0 Å². The van der Waals surface area contributed by atoms with Gasteiger partial charge in [0.2, 0.25) is 11.8 Å². The molecule has 4 atom stereocenters. The summed E-state index contributed by atoms with van der Waals surface area (Å²) in [6.45, 7) is 12.9. The lowest BCUT2D eigenvalue weighted by Crippen LogP contribution is -2.53. The number of nitrogens with two attached hydrogens (primary N) is 1. The van der Waals surface area contributed by atoms with Gasteiger partial charge in [-0.05, 0) is 77.0 Å². The summed E-state index contributed by atoms with van der Waals surface area (Å²) in [6.07, 6.45) is -0.223. The Hall–Kier alpha value is -3.88. The molecule has 3 rings (SSSR count). The summed E-state index contributed by atoms with van der Waals surface area (Å²) in [5.41, 5.74) is 8.71. The van der Waals surface area contributed by atoms with E-state index in [0.717, 1.165) is 16.7 Å². The fraction of sp³-hybridized carbons (Fsp3) is 0.484. The van der Waals surface area contributed by atoms with Crippen LogP contribution in [0, 0.1) is 26.7 Å². The molecule has 4 amide bonds. The number of amides is 4. The van der Waals surface area contributed by atoms with Crippen molar-refractivity contribution in [3.8, 4) is 0 Å². The second-order valence-corrected chi connectivity index (χ2v) is 11.8. The molecular formula is C31H42N4O5. The fourth-order valence-electron chi connectivity index (χ4n) is 4.83. The van der Waals surface area contributed by atoms with Crippen molar-refractivity contribution in [2.75, 3.05) is 5.32 Å². The molecule has 1 aliphatic carbocycles. The van der Waals surface area contributed by atoms with Crippen LogP contribution in [0.15, 0.2) is 42.5 Å². The van der Waals surface area contributed by atoms with Gasteiger partial charge in [-0.15, -0.1) is 0 Å². The molecule has 216 valence electrons. The Morgan fingerprint density at radius 1 is 1.05 bits per heavy atom. The molecule has 0 bridgehead atoms.